The summed E-state index contributed by atoms with van der Waals surface area (Å²) in [5.74, 6) is 0.764. The third-order valence-electron chi connectivity index (χ3n) is 2.59. The Balaban J connectivity index is 1.94. The van der Waals surface area contributed by atoms with Gasteiger partial charge in [-0.15, -0.1) is 0 Å². The summed E-state index contributed by atoms with van der Waals surface area (Å²) in [5, 5.41) is 4.01. The van der Waals surface area contributed by atoms with Crippen molar-refractivity contribution in [1.82, 2.24) is 19.7 Å². The van der Waals surface area contributed by atoms with Crippen LogP contribution in [0.2, 0.25) is 0 Å². The minimum Gasteiger partial charge on any atom is -0.365 e. The summed E-state index contributed by atoms with van der Waals surface area (Å²) < 4.78 is 6.96. The molecule has 0 bridgehead atoms. The highest BCUT2D eigenvalue weighted by atomic mass is 16.6. The zero-order valence-corrected chi connectivity index (χ0v) is 8.29. The van der Waals surface area contributed by atoms with Crippen molar-refractivity contribution in [3.63, 3.8) is 0 Å². The van der Waals surface area contributed by atoms with Crippen molar-refractivity contribution in [3.05, 3.63) is 36.5 Å². The van der Waals surface area contributed by atoms with E-state index in [1.165, 1.54) is 6.33 Å². The standard InChI is InChI=1S/C10H10N4O/c1-10(5-15-10)8-2-3-9(12-4-8)14-7-11-6-13-14/h2-4,6-7H,5H2,1H3. The summed E-state index contributed by atoms with van der Waals surface area (Å²) in [7, 11) is 0. The number of aromatic nitrogens is 4. The molecule has 15 heavy (non-hydrogen) atoms. The van der Waals surface area contributed by atoms with Crippen LogP contribution >= 0.6 is 0 Å². The van der Waals surface area contributed by atoms with Crippen molar-refractivity contribution in [2.24, 2.45) is 0 Å². The first-order valence-corrected chi connectivity index (χ1v) is 4.73. The molecule has 0 aromatic carbocycles. The summed E-state index contributed by atoms with van der Waals surface area (Å²) in [6.45, 7) is 2.83. The van der Waals surface area contributed by atoms with E-state index in [-0.39, 0.29) is 5.60 Å². The highest BCUT2D eigenvalue weighted by molar-refractivity contribution is 5.29. The summed E-state index contributed by atoms with van der Waals surface area (Å²) in [6.07, 6.45) is 4.93. The SMILES string of the molecule is CC1(c2ccc(-n3cncn3)nc2)CO1. The first kappa shape index (κ1) is 8.55. The zero-order chi connectivity index (χ0) is 10.3. The molecule has 1 saturated heterocycles. The number of ether oxygens (including phenoxy) is 1. The van der Waals surface area contributed by atoms with Crippen LogP contribution in [0.4, 0.5) is 0 Å². The number of pyridine rings is 1. The number of epoxide rings is 1. The number of nitrogens with zero attached hydrogens (tertiary/aromatic N) is 4. The van der Waals surface area contributed by atoms with Gasteiger partial charge in [-0.3, -0.25) is 0 Å². The van der Waals surface area contributed by atoms with E-state index in [1.807, 2.05) is 18.3 Å². The maximum Gasteiger partial charge on any atom is 0.155 e. The summed E-state index contributed by atoms with van der Waals surface area (Å²) in [6, 6.07) is 3.92. The Morgan fingerprint density at radius 3 is 2.87 bits per heavy atom. The first-order valence-electron chi connectivity index (χ1n) is 4.73. The highest BCUT2D eigenvalue weighted by Gasteiger charge is 2.41. The predicted molar refractivity (Wildman–Crippen MR) is 52.5 cm³/mol. The van der Waals surface area contributed by atoms with Gasteiger partial charge in [0, 0.05) is 11.8 Å². The van der Waals surface area contributed by atoms with Gasteiger partial charge in [-0.2, -0.15) is 5.10 Å². The molecule has 2 aromatic rings. The second kappa shape index (κ2) is 2.87. The molecule has 1 atom stereocenters. The minimum atomic E-state index is -0.117. The summed E-state index contributed by atoms with van der Waals surface area (Å²) in [4.78, 5) is 8.18. The maximum atomic E-state index is 5.34. The fourth-order valence-corrected chi connectivity index (χ4v) is 1.44. The molecule has 0 aliphatic carbocycles. The second-order valence-corrected chi connectivity index (χ2v) is 3.76. The summed E-state index contributed by atoms with van der Waals surface area (Å²) >= 11 is 0. The van der Waals surface area contributed by atoms with Gasteiger partial charge in [0.25, 0.3) is 0 Å². The first-order chi connectivity index (χ1) is 7.28. The van der Waals surface area contributed by atoms with E-state index in [9.17, 15) is 0 Å². The quantitative estimate of drug-likeness (QED) is 0.679. The van der Waals surface area contributed by atoms with Crippen LogP contribution < -0.4 is 0 Å². The van der Waals surface area contributed by atoms with Crippen LogP contribution in [0, 0.1) is 0 Å². The van der Waals surface area contributed by atoms with Crippen LogP contribution in [0.5, 0.6) is 0 Å². The molecular weight excluding hydrogens is 192 g/mol. The van der Waals surface area contributed by atoms with Crippen LogP contribution in [0.15, 0.2) is 31.0 Å². The molecule has 3 heterocycles. The zero-order valence-electron chi connectivity index (χ0n) is 8.29. The smallest absolute Gasteiger partial charge is 0.155 e. The fourth-order valence-electron chi connectivity index (χ4n) is 1.44. The van der Waals surface area contributed by atoms with Gasteiger partial charge in [-0.25, -0.2) is 14.6 Å². The monoisotopic (exact) mass is 202 g/mol. The van der Waals surface area contributed by atoms with E-state index in [2.05, 4.69) is 22.0 Å². The Hall–Kier alpha value is -1.75. The molecule has 2 aromatic heterocycles. The van der Waals surface area contributed by atoms with E-state index >= 15 is 0 Å². The average Bonchev–Trinajstić information content (AvgIpc) is 2.84. The molecule has 5 heteroatoms. The average molecular weight is 202 g/mol. The van der Waals surface area contributed by atoms with Gasteiger partial charge in [0.2, 0.25) is 0 Å². The molecule has 1 unspecified atom stereocenters. The number of hydrogen-bond donors (Lipinski definition) is 0. The molecule has 1 aliphatic heterocycles. The molecule has 0 saturated carbocycles. The summed E-state index contributed by atoms with van der Waals surface area (Å²) in [5.41, 5.74) is 0.986. The molecule has 0 spiro atoms. The molecule has 0 N–H and O–H groups in total. The maximum absolute atomic E-state index is 5.34. The molecular formula is C10H10N4O. The Morgan fingerprint density at radius 2 is 2.33 bits per heavy atom. The van der Waals surface area contributed by atoms with Crippen molar-refractivity contribution >= 4 is 0 Å². The third-order valence-corrected chi connectivity index (χ3v) is 2.59. The second-order valence-electron chi connectivity index (χ2n) is 3.76. The van der Waals surface area contributed by atoms with E-state index in [1.54, 1.807) is 11.0 Å². The van der Waals surface area contributed by atoms with E-state index in [0.29, 0.717) is 0 Å². The fraction of sp³-hybridized carbons (Fsp3) is 0.300. The Morgan fingerprint density at radius 1 is 1.47 bits per heavy atom. The lowest BCUT2D eigenvalue weighted by Crippen LogP contribution is -2.04. The van der Waals surface area contributed by atoms with Gasteiger partial charge in [-0.1, -0.05) is 6.07 Å². The van der Waals surface area contributed by atoms with Crippen LogP contribution in [0.3, 0.4) is 0 Å². The lowest BCUT2D eigenvalue weighted by molar-refractivity contribution is 0.329. The third kappa shape index (κ3) is 1.41. The van der Waals surface area contributed by atoms with Gasteiger partial charge < -0.3 is 4.74 Å². The molecule has 1 aliphatic rings. The van der Waals surface area contributed by atoms with E-state index < -0.39 is 0 Å². The van der Waals surface area contributed by atoms with Crippen molar-refractivity contribution in [1.29, 1.82) is 0 Å². The molecule has 76 valence electrons. The van der Waals surface area contributed by atoms with Crippen LogP contribution in [-0.2, 0) is 10.3 Å². The van der Waals surface area contributed by atoms with Crippen LogP contribution in [0.25, 0.3) is 5.82 Å². The van der Waals surface area contributed by atoms with Gasteiger partial charge in [0.05, 0.1) is 6.61 Å². The molecule has 0 radical (unpaired) electrons. The van der Waals surface area contributed by atoms with Gasteiger partial charge >= 0.3 is 0 Å². The molecule has 1 fully saturated rings. The minimum absolute atomic E-state index is 0.117. The van der Waals surface area contributed by atoms with Gasteiger partial charge in [0.1, 0.15) is 18.3 Å². The lowest BCUT2D eigenvalue weighted by atomic mass is 10.1. The number of hydrogen-bond acceptors (Lipinski definition) is 4. The molecule has 0 amide bonds. The normalized spacial score (nSPS) is 24.1. The predicted octanol–water partition coefficient (Wildman–Crippen LogP) is 0.908. The van der Waals surface area contributed by atoms with E-state index in [0.717, 1.165) is 18.0 Å². The van der Waals surface area contributed by atoms with E-state index in [4.69, 9.17) is 4.74 Å². The topological polar surface area (TPSA) is 56.1 Å². The Labute approximate surface area is 86.7 Å². The lowest BCUT2D eigenvalue weighted by Gasteiger charge is -2.05. The highest BCUT2D eigenvalue weighted by Crippen LogP contribution is 2.37. The number of rotatable bonds is 2. The van der Waals surface area contributed by atoms with Gasteiger partial charge in [0.15, 0.2) is 5.82 Å². The Kier molecular flexibility index (Phi) is 1.63. The Bertz CT molecular complexity index is 459. The van der Waals surface area contributed by atoms with Crippen molar-refractivity contribution in [3.8, 4) is 5.82 Å². The molecule has 5 nitrogen and oxygen atoms in total. The van der Waals surface area contributed by atoms with Crippen molar-refractivity contribution in [2.45, 2.75) is 12.5 Å². The van der Waals surface area contributed by atoms with Gasteiger partial charge in [-0.05, 0) is 13.0 Å². The van der Waals surface area contributed by atoms with Crippen molar-refractivity contribution < 1.29 is 4.74 Å². The van der Waals surface area contributed by atoms with Crippen molar-refractivity contribution in [2.75, 3.05) is 6.61 Å². The molecule has 3 rings (SSSR count). The van der Waals surface area contributed by atoms with Crippen LogP contribution in [-0.4, -0.2) is 26.4 Å². The largest absolute Gasteiger partial charge is 0.365 e. The van der Waals surface area contributed by atoms with Crippen LogP contribution in [0.1, 0.15) is 12.5 Å².